The van der Waals surface area contributed by atoms with Crippen LogP contribution in [0.1, 0.15) is 33.6 Å². The lowest BCUT2D eigenvalue weighted by Gasteiger charge is -2.13. The average molecular weight is 228 g/mol. The van der Waals surface area contributed by atoms with Crippen molar-refractivity contribution in [1.29, 1.82) is 0 Å². The molecule has 16 heavy (non-hydrogen) atoms. The van der Waals surface area contributed by atoms with Crippen LogP contribution >= 0.6 is 0 Å². The zero-order valence-electron chi connectivity index (χ0n) is 10.0. The van der Waals surface area contributed by atoms with Gasteiger partial charge in [0.1, 0.15) is 6.04 Å². The molecule has 0 saturated heterocycles. The van der Waals surface area contributed by atoms with Crippen molar-refractivity contribution in [1.82, 2.24) is 10.6 Å². The number of rotatable bonds is 5. The predicted octanol–water partition coefficient (Wildman–Crippen LogP) is 1.19. The van der Waals surface area contributed by atoms with Gasteiger partial charge in [0.05, 0.1) is 0 Å². The van der Waals surface area contributed by atoms with E-state index in [9.17, 15) is 9.59 Å². The van der Waals surface area contributed by atoms with Crippen molar-refractivity contribution in [3.63, 3.8) is 0 Å². The first-order chi connectivity index (χ1) is 7.36. The van der Waals surface area contributed by atoms with Crippen molar-refractivity contribution in [2.75, 3.05) is 6.54 Å². The maximum Gasteiger partial charge on any atom is 0.326 e. The number of carbonyl (C=O) groups is 2. The molecule has 0 radical (unpaired) electrons. The minimum absolute atomic E-state index is 0.324. The fourth-order valence-electron chi connectivity index (χ4n) is 1.69. The Balaban J connectivity index is 2.23. The van der Waals surface area contributed by atoms with E-state index in [1.807, 2.05) is 0 Å². The summed E-state index contributed by atoms with van der Waals surface area (Å²) in [6, 6.07) is -1.19. The molecule has 3 N–H and O–H groups in total. The highest BCUT2D eigenvalue weighted by Gasteiger charge is 2.45. The van der Waals surface area contributed by atoms with Gasteiger partial charge in [-0.3, -0.25) is 0 Å². The number of carbonyl (C=O) groups excluding carboxylic acids is 1. The largest absolute Gasteiger partial charge is 0.480 e. The van der Waals surface area contributed by atoms with Gasteiger partial charge in [0, 0.05) is 6.54 Å². The first-order valence-electron chi connectivity index (χ1n) is 5.64. The van der Waals surface area contributed by atoms with Crippen molar-refractivity contribution in [3.8, 4) is 0 Å². The van der Waals surface area contributed by atoms with Gasteiger partial charge in [-0.05, 0) is 24.2 Å². The maximum atomic E-state index is 11.4. The number of carboxylic acid groups (broad SMARTS) is 1. The van der Waals surface area contributed by atoms with Crippen LogP contribution < -0.4 is 10.6 Å². The molecule has 2 unspecified atom stereocenters. The molecule has 0 aliphatic heterocycles. The molecule has 2 amide bonds. The van der Waals surface area contributed by atoms with Crippen LogP contribution in [0, 0.1) is 11.3 Å². The van der Waals surface area contributed by atoms with Crippen LogP contribution in [-0.2, 0) is 4.79 Å². The second-order valence-electron chi connectivity index (χ2n) is 5.04. The summed E-state index contributed by atoms with van der Waals surface area (Å²) in [6.07, 6.45) is 1.50. The Bertz CT molecular complexity index is 289. The zero-order chi connectivity index (χ0) is 12.3. The van der Waals surface area contributed by atoms with Gasteiger partial charge in [-0.15, -0.1) is 0 Å². The van der Waals surface area contributed by atoms with Gasteiger partial charge in [0.2, 0.25) is 0 Å². The maximum absolute atomic E-state index is 11.4. The lowest BCUT2D eigenvalue weighted by Crippen LogP contribution is -2.46. The van der Waals surface area contributed by atoms with E-state index in [4.69, 9.17) is 5.11 Å². The molecule has 0 aromatic carbocycles. The molecular weight excluding hydrogens is 208 g/mol. The molecule has 92 valence electrons. The van der Waals surface area contributed by atoms with Crippen LogP contribution in [0.15, 0.2) is 0 Å². The molecule has 0 aromatic heterocycles. The standard InChI is InChI=1S/C11H20N2O3/c1-4-8(9(14)15)13-10(16)12-6-7-5-11(7,2)3/h7-8H,4-6H2,1-3H3,(H,14,15)(H2,12,13,16). The molecule has 1 saturated carbocycles. The van der Waals surface area contributed by atoms with Crippen molar-refractivity contribution < 1.29 is 14.7 Å². The molecule has 1 rings (SSSR count). The van der Waals surface area contributed by atoms with Gasteiger partial charge >= 0.3 is 12.0 Å². The highest BCUT2D eigenvalue weighted by Crippen LogP contribution is 2.50. The summed E-state index contributed by atoms with van der Waals surface area (Å²) in [6.45, 7) is 6.66. The summed E-state index contributed by atoms with van der Waals surface area (Å²) in [4.78, 5) is 22.1. The van der Waals surface area contributed by atoms with Crippen LogP contribution in [0.3, 0.4) is 0 Å². The van der Waals surface area contributed by atoms with E-state index in [1.165, 1.54) is 0 Å². The number of nitrogens with one attached hydrogen (secondary N) is 2. The van der Waals surface area contributed by atoms with Crippen LogP contribution in [-0.4, -0.2) is 29.7 Å². The van der Waals surface area contributed by atoms with Gasteiger partial charge in [0.25, 0.3) is 0 Å². The number of hydrogen-bond acceptors (Lipinski definition) is 2. The Hall–Kier alpha value is -1.26. The van der Waals surface area contributed by atoms with Gasteiger partial charge in [-0.1, -0.05) is 20.8 Å². The van der Waals surface area contributed by atoms with Crippen molar-refractivity contribution >= 4 is 12.0 Å². The van der Waals surface area contributed by atoms with E-state index in [0.717, 1.165) is 6.42 Å². The number of hydrogen-bond donors (Lipinski definition) is 3. The van der Waals surface area contributed by atoms with Gasteiger partial charge < -0.3 is 15.7 Å². The molecule has 5 nitrogen and oxygen atoms in total. The number of aliphatic carboxylic acids is 1. The summed E-state index contributed by atoms with van der Waals surface area (Å²) < 4.78 is 0. The molecule has 1 aliphatic carbocycles. The van der Waals surface area contributed by atoms with Crippen molar-refractivity contribution in [2.24, 2.45) is 11.3 Å². The summed E-state index contributed by atoms with van der Waals surface area (Å²) in [7, 11) is 0. The van der Waals surface area contributed by atoms with Crippen molar-refractivity contribution in [3.05, 3.63) is 0 Å². The quantitative estimate of drug-likeness (QED) is 0.661. The second-order valence-corrected chi connectivity index (χ2v) is 5.04. The molecule has 5 heteroatoms. The third kappa shape index (κ3) is 3.40. The highest BCUT2D eigenvalue weighted by molar-refractivity contribution is 5.82. The molecule has 1 aliphatic rings. The molecule has 0 spiro atoms. The lowest BCUT2D eigenvalue weighted by molar-refractivity contribution is -0.139. The summed E-state index contributed by atoms with van der Waals surface area (Å²) >= 11 is 0. The van der Waals surface area contributed by atoms with E-state index in [0.29, 0.717) is 24.3 Å². The molecule has 0 aromatic rings. The SMILES string of the molecule is CCC(NC(=O)NCC1CC1(C)C)C(=O)O. The van der Waals surface area contributed by atoms with Gasteiger partial charge in [-0.25, -0.2) is 9.59 Å². The van der Waals surface area contributed by atoms with E-state index < -0.39 is 18.0 Å². The zero-order valence-corrected chi connectivity index (χ0v) is 10.0. The third-order valence-corrected chi connectivity index (χ3v) is 3.24. The second kappa shape index (κ2) is 4.72. The van der Waals surface area contributed by atoms with Crippen molar-refractivity contribution in [2.45, 2.75) is 39.7 Å². The molecular formula is C11H20N2O3. The Morgan fingerprint density at radius 2 is 2.06 bits per heavy atom. The first-order valence-corrected chi connectivity index (χ1v) is 5.64. The van der Waals surface area contributed by atoms with Crippen LogP contribution in [0.5, 0.6) is 0 Å². The first kappa shape index (κ1) is 12.8. The lowest BCUT2D eigenvalue weighted by atomic mass is 10.1. The summed E-state index contributed by atoms with van der Waals surface area (Å²) in [5.41, 5.74) is 0.324. The molecule has 1 fully saturated rings. The van der Waals surface area contributed by atoms with Crippen LogP contribution in [0.4, 0.5) is 4.79 Å². The molecule has 2 atom stereocenters. The number of carboxylic acids is 1. The normalized spacial score (nSPS) is 23.3. The van der Waals surface area contributed by atoms with Gasteiger partial charge in [0.15, 0.2) is 0 Å². The minimum Gasteiger partial charge on any atom is -0.480 e. The fraction of sp³-hybridized carbons (Fsp3) is 0.818. The number of urea groups is 1. The Morgan fingerprint density at radius 1 is 1.50 bits per heavy atom. The highest BCUT2D eigenvalue weighted by atomic mass is 16.4. The summed E-state index contributed by atoms with van der Waals surface area (Å²) in [5.74, 6) is -0.479. The van der Waals surface area contributed by atoms with Gasteiger partial charge in [-0.2, -0.15) is 0 Å². The van der Waals surface area contributed by atoms with E-state index >= 15 is 0 Å². The summed E-state index contributed by atoms with van der Waals surface area (Å²) in [5, 5.41) is 13.9. The molecule has 0 bridgehead atoms. The molecule has 0 heterocycles. The van der Waals surface area contributed by atoms with Crippen LogP contribution in [0.25, 0.3) is 0 Å². The monoisotopic (exact) mass is 228 g/mol. The van der Waals surface area contributed by atoms with E-state index in [1.54, 1.807) is 6.92 Å². The predicted molar refractivity (Wildman–Crippen MR) is 60.1 cm³/mol. The average Bonchev–Trinajstić information content (AvgIpc) is 2.79. The topological polar surface area (TPSA) is 78.4 Å². The fourth-order valence-corrected chi connectivity index (χ4v) is 1.69. The Morgan fingerprint density at radius 3 is 2.44 bits per heavy atom. The van der Waals surface area contributed by atoms with Crippen LogP contribution in [0.2, 0.25) is 0 Å². The van der Waals surface area contributed by atoms with E-state index in [-0.39, 0.29) is 0 Å². The minimum atomic E-state index is -0.996. The Labute approximate surface area is 95.6 Å². The van der Waals surface area contributed by atoms with E-state index in [2.05, 4.69) is 24.5 Å². The Kier molecular flexibility index (Phi) is 3.78. The smallest absolute Gasteiger partial charge is 0.326 e. The number of amides is 2. The third-order valence-electron chi connectivity index (χ3n) is 3.24.